The second kappa shape index (κ2) is 9.48. The summed E-state index contributed by atoms with van der Waals surface area (Å²) in [7, 11) is -1.16. The highest BCUT2D eigenvalue weighted by molar-refractivity contribution is 7.72. The van der Waals surface area contributed by atoms with Gasteiger partial charge in [0.15, 0.2) is 0 Å². The van der Waals surface area contributed by atoms with Crippen LogP contribution >= 0.6 is 7.14 Å². The first-order valence-electron chi connectivity index (χ1n) is 12.4. The number of ether oxygens (including phenoxy) is 1. The molecule has 0 radical (unpaired) electrons. The largest absolute Gasteiger partial charge is 0.496 e. The van der Waals surface area contributed by atoms with Gasteiger partial charge in [-0.25, -0.2) is 9.97 Å². The Hall–Kier alpha value is -2.84. The lowest BCUT2D eigenvalue weighted by molar-refractivity contribution is -0.137. The number of nitrogen functional groups attached to an aromatic ring is 1. The monoisotopic (exact) mass is 533 g/mol. The van der Waals surface area contributed by atoms with Crippen molar-refractivity contribution in [3.63, 3.8) is 0 Å². The van der Waals surface area contributed by atoms with Crippen LogP contribution in [-0.2, 0) is 10.7 Å². The Morgan fingerprint density at radius 1 is 1.14 bits per heavy atom. The van der Waals surface area contributed by atoms with Crippen LogP contribution in [0.15, 0.2) is 30.3 Å². The van der Waals surface area contributed by atoms with Crippen LogP contribution in [0.5, 0.6) is 5.75 Å². The van der Waals surface area contributed by atoms with E-state index < -0.39 is 24.9 Å². The van der Waals surface area contributed by atoms with E-state index in [9.17, 15) is 17.7 Å². The van der Waals surface area contributed by atoms with Gasteiger partial charge in [0.25, 0.3) is 0 Å². The van der Waals surface area contributed by atoms with Crippen molar-refractivity contribution in [2.75, 3.05) is 43.6 Å². The van der Waals surface area contributed by atoms with E-state index in [2.05, 4.69) is 20.2 Å². The molecule has 2 aromatic carbocycles. The van der Waals surface area contributed by atoms with Crippen molar-refractivity contribution in [2.45, 2.75) is 44.9 Å². The Kier molecular flexibility index (Phi) is 6.61. The zero-order valence-corrected chi connectivity index (χ0v) is 22.0. The normalized spacial score (nSPS) is 19.1. The first-order valence-corrected chi connectivity index (χ1v) is 14.5. The molecule has 7 nitrogen and oxygen atoms in total. The maximum absolute atomic E-state index is 14.1. The standard InChI is InChI=1S/C26H31F3N5O2P/c1-15(17-10-18(26(27,28)29)12-19(30)11-17)31-25-21-13-24(23(36-3)14-22(21)32-16(2)33-25)37(35)8-6-34(7-9-37)20-4-5-20/h10-15,20H,4-9,30H2,1-3H3,(H,31,32,33)/t15-/m1/s1. The lowest BCUT2D eigenvalue weighted by atomic mass is 10.0. The number of nitrogens with two attached hydrogens (primary N) is 1. The summed E-state index contributed by atoms with van der Waals surface area (Å²) in [5.74, 6) is 1.49. The summed E-state index contributed by atoms with van der Waals surface area (Å²) in [6.07, 6.45) is -0.910. The van der Waals surface area contributed by atoms with E-state index in [4.69, 9.17) is 10.5 Å². The number of halogens is 3. The number of aryl methyl sites for hydroxylation is 1. The molecule has 1 aliphatic carbocycles. The summed E-state index contributed by atoms with van der Waals surface area (Å²) in [6.45, 7) is 5.09. The third-order valence-electron chi connectivity index (χ3n) is 7.27. The Bertz CT molecular complexity index is 1380. The van der Waals surface area contributed by atoms with Gasteiger partial charge in [-0.1, -0.05) is 0 Å². The molecule has 11 heteroatoms. The number of hydrogen-bond acceptors (Lipinski definition) is 7. The zero-order valence-electron chi connectivity index (χ0n) is 21.1. The highest BCUT2D eigenvalue weighted by Crippen LogP contribution is 2.50. The summed E-state index contributed by atoms with van der Waals surface area (Å²) in [6, 6.07) is 7.25. The van der Waals surface area contributed by atoms with Gasteiger partial charge in [0.2, 0.25) is 0 Å². The zero-order chi connectivity index (χ0) is 26.5. The van der Waals surface area contributed by atoms with Gasteiger partial charge >= 0.3 is 6.18 Å². The molecular weight excluding hydrogens is 502 g/mol. The number of fused-ring (bicyclic) bond motifs is 1. The van der Waals surface area contributed by atoms with Crippen molar-refractivity contribution in [3.8, 4) is 5.75 Å². The van der Waals surface area contributed by atoms with Gasteiger partial charge in [0, 0.05) is 48.6 Å². The van der Waals surface area contributed by atoms with Gasteiger partial charge in [0.05, 0.1) is 29.5 Å². The topological polar surface area (TPSA) is 93.4 Å². The summed E-state index contributed by atoms with van der Waals surface area (Å²) in [5, 5.41) is 4.56. The van der Waals surface area contributed by atoms with Crippen LogP contribution in [0.3, 0.4) is 0 Å². The lowest BCUT2D eigenvalue weighted by Gasteiger charge is -2.33. The molecule has 1 aliphatic heterocycles. The maximum Gasteiger partial charge on any atom is 0.416 e. The highest BCUT2D eigenvalue weighted by Gasteiger charge is 2.38. The molecule has 3 aromatic rings. The van der Waals surface area contributed by atoms with Crippen molar-refractivity contribution in [1.29, 1.82) is 0 Å². The van der Waals surface area contributed by atoms with Crippen LogP contribution in [-0.4, -0.2) is 53.4 Å². The molecule has 1 saturated heterocycles. The molecule has 2 fully saturated rings. The second-order valence-electron chi connectivity index (χ2n) is 10.0. The Morgan fingerprint density at radius 3 is 2.46 bits per heavy atom. The first kappa shape index (κ1) is 25.8. The predicted octanol–water partition coefficient (Wildman–Crippen LogP) is 5.19. The van der Waals surface area contributed by atoms with Gasteiger partial charge < -0.3 is 20.4 Å². The summed E-state index contributed by atoms with van der Waals surface area (Å²) in [5.41, 5.74) is 6.00. The van der Waals surface area contributed by atoms with E-state index >= 15 is 0 Å². The molecule has 5 rings (SSSR count). The average molecular weight is 534 g/mol. The van der Waals surface area contributed by atoms with Gasteiger partial charge in [-0.3, -0.25) is 4.90 Å². The van der Waals surface area contributed by atoms with E-state index in [1.807, 2.05) is 6.07 Å². The van der Waals surface area contributed by atoms with Crippen LogP contribution in [0.2, 0.25) is 0 Å². The molecular formula is C26H31F3N5O2P. The molecule has 198 valence electrons. The number of methoxy groups -OCH3 is 1. The van der Waals surface area contributed by atoms with Crippen molar-refractivity contribution in [3.05, 3.63) is 47.3 Å². The molecule has 2 heterocycles. The average Bonchev–Trinajstić information content (AvgIpc) is 3.68. The van der Waals surface area contributed by atoms with Crippen LogP contribution in [0.25, 0.3) is 10.9 Å². The molecule has 0 amide bonds. The summed E-state index contributed by atoms with van der Waals surface area (Å²) < 4.78 is 59.9. The molecule has 1 saturated carbocycles. The Morgan fingerprint density at radius 2 is 1.84 bits per heavy atom. The van der Waals surface area contributed by atoms with E-state index in [1.165, 1.54) is 18.9 Å². The Balaban J connectivity index is 1.52. The van der Waals surface area contributed by atoms with Gasteiger partial charge in [0.1, 0.15) is 24.5 Å². The van der Waals surface area contributed by atoms with E-state index in [0.717, 1.165) is 25.2 Å². The minimum atomic E-state index is -4.51. The van der Waals surface area contributed by atoms with Crippen molar-refractivity contribution < 1.29 is 22.5 Å². The fourth-order valence-electron chi connectivity index (χ4n) is 5.08. The number of nitrogens with one attached hydrogen (secondary N) is 1. The predicted molar refractivity (Wildman–Crippen MR) is 140 cm³/mol. The second-order valence-corrected chi connectivity index (χ2v) is 13.2. The number of hydrogen-bond donors (Lipinski definition) is 2. The van der Waals surface area contributed by atoms with Gasteiger partial charge in [-0.15, -0.1) is 0 Å². The fourth-order valence-corrected chi connectivity index (χ4v) is 7.87. The van der Waals surface area contributed by atoms with Gasteiger partial charge in [-0.05, 0) is 56.5 Å². The third-order valence-corrected chi connectivity index (χ3v) is 10.3. The van der Waals surface area contributed by atoms with Crippen LogP contribution in [0.4, 0.5) is 24.7 Å². The molecule has 0 unspecified atom stereocenters. The molecule has 0 spiro atoms. The van der Waals surface area contributed by atoms with Crippen molar-refractivity contribution >= 4 is 34.9 Å². The van der Waals surface area contributed by atoms with E-state index in [0.29, 0.717) is 57.5 Å². The lowest BCUT2D eigenvalue weighted by Crippen LogP contribution is -2.38. The molecule has 1 aromatic heterocycles. The van der Waals surface area contributed by atoms with E-state index in [1.54, 1.807) is 27.0 Å². The molecule has 3 N–H and O–H groups in total. The number of rotatable bonds is 6. The quantitative estimate of drug-likeness (QED) is 0.333. The minimum Gasteiger partial charge on any atom is -0.496 e. The van der Waals surface area contributed by atoms with Crippen LogP contribution < -0.4 is 21.1 Å². The molecule has 2 aliphatic rings. The minimum absolute atomic E-state index is 0.0323. The fraction of sp³-hybridized carbons (Fsp3) is 0.462. The molecule has 0 bridgehead atoms. The number of aromatic nitrogens is 2. The SMILES string of the molecule is COc1cc2nc(C)nc(N[C@H](C)c3cc(N)cc(C(F)(F)F)c3)c2cc1P1(=O)CCN(C2CC2)CC1. The summed E-state index contributed by atoms with van der Waals surface area (Å²) >= 11 is 0. The number of nitrogens with zero attached hydrogens (tertiary/aromatic N) is 3. The maximum atomic E-state index is 14.1. The van der Waals surface area contributed by atoms with E-state index in [-0.39, 0.29) is 5.69 Å². The molecule has 37 heavy (non-hydrogen) atoms. The van der Waals surface area contributed by atoms with Crippen LogP contribution in [0.1, 0.15) is 42.8 Å². The number of benzene rings is 2. The Labute approximate surface area is 214 Å². The van der Waals surface area contributed by atoms with Crippen molar-refractivity contribution in [2.24, 2.45) is 0 Å². The highest BCUT2D eigenvalue weighted by atomic mass is 31.2. The molecule has 1 atom stereocenters. The number of anilines is 2. The van der Waals surface area contributed by atoms with Crippen molar-refractivity contribution in [1.82, 2.24) is 14.9 Å². The summed E-state index contributed by atoms with van der Waals surface area (Å²) in [4.78, 5) is 11.5. The smallest absolute Gasteiger partial charge is 0.416 e. The van der Waals surface area contributed by atoms with Crippen LogP contribution in [0, 0.1) is 6.92 Å². The number of alkyl halides is 3. The first-order chi connectivity index (χ1) is 17.5. The third kappa shape index (κ3) is 5.27. The van der Waals surface area contributed by atoms with Gasteiger partial charge in [-0.2, -0.15) is 13.2 Å².